The van der Waals surface area contributed by atoms with Crippen molar-refractivity contribution in [2.45, 2.75) is 12.2 Å². The van der Waals surface area contributed by atoms with Crippen LogP contribution in [-0.4, -0.2) is 32.2 Å². The molecule has 0 spiro atoms. The molecule has 0 saturated heterocycles. The van der Waals surface area contributed by atoms with E-state index in [0.717, 1.165) is 16.5 Å². The van der Waals surface area contributed by atoms with Gasteiger partial charge in [-0.25, -0.2) is 14.3 Å². The maximum atomic E-state index is 12.6. The molecule has 1 unspecified atom stereocenters. The lowest BCUT2D eigenvalue weighted by atomic mass is 10.0. The fourth-order valence-electron chi connectivity index (χ4n) is 2.42. The second-order valence-corrected chi connectivity index (χ2v) is 5.50. The highest BCUT2D eigenvalue weighted by Crippen LogP contribution is 2.29. The van der Waals surface area contributed by atoms with Gasteiger partial charge in [0.05, 0.1) is 23.8 Å². The number of fused-ring (bicyclic) bond motifs is 1. The number of aromatic nitrogens is 3. The molecule has 3 aromatic rings. The van der Waals surface area contributed by atoms with Crippen molar-refractivity contribution in [3.8, 4) is 0 Å². The molecule has 1 amide bonds. The number of carbonyl (C=O) groups excluding carboxylic acids is 1. The number of hydrogen-bond acceptors (Lipinski definition) is 4. The molecule has 0 aliphatic heterocycles. The third-order valence-electron chi connectivity index (χ3n) is 3.80. The summed E-state index contributed by atoms with van der Waals surface area (Å²) in [5.41, 5.74) is -0.570. The van der Waals surface area contributed by atoms with Crippen LogP contribution in [0.2, 0.25) is 0 Å². The van der Waals surface area contributed by atoms with E-state index in [4.69, 9.17) is 0 Å². The van der Waals surface area contributed by atoms with Crippen LogP contribution in [0, 0.1) is 0 Å². The molecule has 1 aromatic carbocycles. The lowest BCUT2D eigenvalue weighted by Crippen LogP contribution is -2.31. The number of H-pyrrole nitrogens is 1. The van der Waals surface area contributed by atoms with Gasteiger partial charge in [-0.2, -0.15) is 18.3 Å². The molecule has 2 heterocycles. The Hall–Kier alpha value is -3.14. The first-order valence-electron chi connectivity index (χ1n) is 7.45. The Balaban J connectivity index is 1.81. The van der Waals surface area contributed by atoms with Gasteiger partial charge in [-0.05, 0) is 29.8 Å². The van der Waals surface area contributed by atoms with E-state index in [0.29, 0.717) is 11.2 Å². The average Bonchev–Trinajstić information content (AvgIpc) is 2.99. The summed E-state index contributed by atoms with van der Waals surface area (Å²) in [4.78, 5) is 23.9. The van der Waals surface area contributed by atoms with Gasteiger partial charge in [0.1, 0.15) is 0 Å². The van der Waals surface area contributed by atoms with Crippen molar-refractivity contribution in [1.82, 2.24) is 19.9 Å². The van der Waals surface area contributed by atoms with Crippen molar-refractivity contribution < 1.29 is 23.1 Å². The smallest absolute Gasteiger partial charge is 0.394 e. The second-order valence-electron chi connectivity index (χ2n) is 5.50. The Kier molecular flexibility index (Phi) is 4.51. The van der Waals surface area contributed by atoms with Crippen LogP contribution < -0.4 is 11.0 Å². The molecule has 2 aromatic heterocycles. The quantitative estimate of drug-likeness (QED) is 0.652. The maximum absolute atomic E-state index is 12.6. The zero-order valence-corrected chi connectivity index (χ0v) is 13.1. The number of aliphatic hydroxyl groups excluding tert-OH is 1. The number of carbonyl (C=O) groups is 1. The van der Waals surface area contributed by atoms with Gasteiger partial charge >= 0.3 is 11.9 Å². The third kappa shape index (κ3) is 3.45. The molecule has 10 heteroatoms. The van der Waals surface area contributed by atoms with Crippen molar-refractivity contribution in [3.63, 3.8) is 0 Å². The van der Waals surface area contributed by atoms with E-state index in [1.807, 2.05) is 0 Å². The number of aromatic amines is 1. The largest absolute Gasteiger partial charge is 0.416 e. The second kappa shape index (κ2) is 6.64. The van der Waals surface area contributed by atoms with Gasteiger partial charge in [-0.1, -0.05) is 12.1 Å². The first-order chi connectivity index (χ1) is 12.3. The van der Waals surface area contributed by atoms with Crippen LogP contribution in [0.5, 0.6) is 0 Å². The van der Waals surface area contributed by atoms with Crippen LogP contribution in [0.1, 0.15) is 27.5 Å². The van der Waals surface area contributed by atoms with Gasteiger partial charge in [-0.15, -0.1) is 0 Å². The van der Waals surface area contributed by atoms with Crippen LogP contribution in [0.25, 0.3) is 5.65 Å². The van der Waals surface area contributed by atoms with E-state index in [9.17, 15) is 27.9 Å². The summed E-state index contributed by atoms with van der Waals surface area (Å²) in [7, 11) is 0. The summed E-state index contributed by atoms with van der Waals surface area (Å²) in [6.45, 7) is -0.509. The number of nitrogens with one attached hydrogen (secondary N) is 2. The van der Waals surface area contributed by atoms with Gasteiger partial charge < -0.3 is 10.4 Å². The van der Waals surface area contributed by atoms with Crippen LogP contribution in [0.15, 0.2) is 47.4 Å². The zero-order valence-electron chi connectivity index (χ0n) is 13.1. The lowest BCUT2D eigenvalue weighted by molar-refractivity contribution is -0.137. The Labute approximate surface area is 144 Å². The number of benzene rings is 1. The normalized spacial score (nSPS) is 12.9. The number of pyridine rings is 1. The van der Waals surface area contributed by atoms with E-state index in [1.165, 1.54) is 30.5 Å². The van der Waals surface area contributed by atoms with E-state index in [-0.39, 0.29) is 5.56 Å². The van der Waals surface area contributed by atoms with Crippen LogP contribution in [-0.2, 0) is 6.18 Å². The van der Waals surface area contributed by atoms with Gasteiger partial charge in [0, 0.05) is 6.20 Å². The van der Waals surface area contributed by atoms with Gasteiger partial charge in [-0.3, -0.25) is 4.79 Å². The van der Waals surface area contributed by atoms with Crippen molar-refractivity contribution in [2.24, 2.45) is 0 Å². The van der Waals surface area contributed by atoms with Gasteiger partial charge in [0.2, 0.25) is 0 Å². The molecule has 3 N–H and O–H groups in total. The van der Waals surface area contributed by atoms with Crippen LogP contribution in [0.3, 0.4) is 0 Å². The molecule has 3 rings (SSSR count). The van der Waals surface area contributed by atoms with Gasteiger partial charge in [0.25, 0.3) is 5.91 Å². The van der Waals surface area contributed by atoms with Crippen LogP contribution in [0.4, 0.5) is 13.2 Å². The summed E-state index contributed by atoms with van der Waals surface area (Å²) in [6, 6.07) is 6.12. The Morgan fingerprint density at radius 2 is 1.92 bits per heavy atom. The highest BCUT2D eigenvalue weighted by molar-refractivity contribution is 5.94. The summed E-state index contributed by atoms with van der Waals surface area (Å²) >= 11 is 0. The number of alkyl halides is 3. The fraction of sp³-hybridized carbons (Fsp3) is 0.188. The molecule has 136 valence electrons. The minimum Gasteiger partial charge on any atom is -0.394 e. The third-order valence-corrected chi connectivity index (χ3v) is 3.80. The summed E-state index contributed by atoms with van der Waals surface area (Å²) in [5.74, 6) is -0.598. The number of hydrogen-bond donors (Lipinski definition) is 3. The van der Waals surface area contributed by atoms with E-state index in [2.05, 4.69) is 15.5 Å². The number of nitrogens with zero attached hydrogens (tertiary/aromatic N) is 2. The van der Waals surface area contributed by atoms with Crippen molar-refractivity contribution in [1.29, 1.82) is 0 Å². The molecular formula is C16H13F3N4O3. The SMILES string of the molecule is O=C(NC(CO)c1ccc(C(F)(F)F)cc1)c1ccc2n[nH]c(=O)n2c1. The topological polar surface area (TPSA) is 99.5 Å². The predicted octanol–water partition coefficient (Wildman–Crippen LogP) is 1.50. The fourth-order valence-corrected chi connectivity index (χ4v) is 2.42. The summed E-state index contributed by atoms with van der Waals surface area (Å²) in [5, 5.41) is 18.0. The number of amides is 1. The first-order valence-corrected chi connectivity index (χ1v) is 7.45. The number of rotatable bonds is 4. The molecule has 0 bridgehead atoms. The molecular weight excluding hydrogens is 353 g/mol. The Morgan fingerprint density at radius 1 is 1.23 bits per heavy atom. The highest BCUT2D eigenvalue weighted by Gasteiger charge is 2.30. The molecule has 0 aliphatic rings. The molecule has 26 heavy (non-hydrogen) atoms. The highest BCUT2D eigenvalue weighted by atomic mass is 19.4. The molecule has 0 aliphatic carbocycles. The van der Waals surface area contributed by atoms with E-state index < -0.39 is 36.0 Å². The Bertz CT molecular complexity index is 992. The molecule has 1 atom stereocenters. The Morgan fingerprint density at radius 3 is 2.54 bits per heavy atom. The monoisotopic (exact) mass is 366 g/mol. The van der Waals surface area contributed by atoms with Crippen molar-refractivity contribution >= 4 is 11.6 Å². The zero-order chi connectivity index (χ0) is 18.9. The summed E-state index contributed by atoms with van der Waals surface area (Å²) in [6.07, 6.45) is -3.19. The standard InChI is InChI=1S/C16H13F3N4O3/c17-16(18,19)11-4-1-9(2-5-11)12(8-24)20-14(25)10-3-6-13-21-22-15(26)23(13)7-10/h1-7,12,24H,8H2,(H,20,25)(H,22,26). The summed E-state index contributed by atoms with van der Waals surface area (Å²) < 4.78 is 39.0. The molecule has 7 nitrogen and oxygen atoms in total. The number of halogens is 3. The van der Waals surface area contributed by atoms with Crippen molar-refractivity contribution in [2.75, 3.05) is 6.61 Å². The minimum atomic E-state index is -4.47. The van der Waals surface area contributed by atoms with E-state index >= 15 is 0 Å². The molecule has 0 radical (unpaired) electrons. The molecule has 0 saturated carbocycles. The number of aliphatic hydroxyl groups is 1. The van der Waals surface area contributed by atoms with Crippen molar-refractivity contribution in [3.05, 3.63) is 69.8 Å². The van der Waals surface area contributed by atoms with Gasteiger partial charge in [0.15, 0.2) is 5.65 Å². The average molecular weight is 366 g/mol. The minimum absolute atomic E-state index is 0.131. The van der Waals surface area contributed by atoms with Crippen LogP contribution >= 0.6 is 0 Å². The molecule has 0 fully saturated rings. The maximum Gasteiger partial charge on any atom is 0.416 e. The van der Waals surface area contributed by atoms with E-state index in [1.54, 1.807) is 0 Å². The predicted molar refractivity (Wildman–Crippen MR) is 84.5 cm³/mol. The first kappa shape index (κ1) is 17.7. The lowest BCUT2D eigenvalue weighted by Gasteiger charge is -2.17.